The zero-order valence-electron chi connectivity index (χ0n) is 11.0. The third kappa shape index (κ3) is 3.30. The molecule has 1 saturated heterocycles. The average molecular weight is 259 g/mol. The lowest BCUT2D eigenvalue weighted by atomic mass is 9.95. The molecule has 0 amide bonds. The van der Waals surface area contributed by atoms with Crippen molar-refractivity contribution in [3.63, 3.8) is 0 Å². The summed E-state index contributed by atoms with van der Waals surface area (Å²) in [4.78, 5) is 0. The van der Waals surface area contributed by atoms with Crippen molar-refractivity contribution in [1.82, 2.24) is 5.32 Å². The number of hydrogen-bond donors (Lipinski definition) is 1. The molecular weight excluding hydrogens is 234 g/mol. The molecule has 2 rings (SSSR count). The predicted molar refractivity (Wildman–Crippen MR) is 71.7 cm³/mol. The first-order chi connectivity index (χ1) is 8.22. The molecule has 0 spiro atoms. The van der Waals surface area contributed by atoms with Gasteiger partial charge in [0.05, 0.1) is 11.4 Å². The number of rotatable bonds is 4. The van der Waals surface area contributed by atoms with Crippen molar-refractivity contribution in [1.29, 1.82) is 0 Å². The summed E-state index contributed by atoms with van der Waals surface area (Å²) in [6.45, 7) is 6.03. The van der Waals surface area contributed by atoms with E-state index < -0.39 is 10.8 Å². The van der Waals surface area contributed by atoms with Crippen LogP contribution in [0.3, 0.4) is 0 Å². The zero-order valence-corrected chi connectivity index (χ0v) is 11.8. The molecule has 1 N–H and O–H groups in total. The minimum Gasteiger partial charge on any atom is -0.377 e. The Balaban J connectivity index is 1.90. The highest BCUT2D eigenvalue weighted by molar-refractivity contribution is 7.86. The molecule has 2 aliphatic rings. The number of ether oxygens (including phenoxy) is 1. The normalized spacial score (nSPS) is 40.4. The van der Waals surface area contributed by atoms with Gasteiger partial charge in [-0.15, -0.1) is 0 Å². The van der Waals surface area contributed by atoms with E-state index >= 15 is 0 Å². The second-order valence-corrected chi connectivity index (χ2v) is 7.20. The van der Waals surface area contributed by atoms with E-state index in [0.717, 1.165) is 32.4 Å². The second-order valence-electron chi connectivity index (χ2n) is 5.27. The molecule has 1 aliphatic heterocycles. The van der Waals surface area contributed by atoms with Crippen molar-refractivity contribution in [2.45, 2.75) is 68.6 Å². The van der Waals surface area contributed by atoms with E-state index in [1.54, 1.807) is 0 Å². The van der Waals surface area contributed by atoms with Gasteiger partial charge in [0.1, 0.15) is 0 Å². The van der Waals surface area contributed by atoms with Crippen molar-refractivity contribution >= 4 is 10.8 Å². The Morgan fingerprint density at radius 2 is 2.18 bits per heavy atom. The lowest BCUT2D eigenvalue weighted by molar-refractivity contribution is 0.126. The molecule has 0 bridgehead atoms. The summed E-state index contributed by atoms with van der Waals surface area (Å²) in [5.41, 5.74) is 0. The Morgan fingerprint density at radius 3 is 2.82 bits per heavy atom. The van der Waals surface area contributed by atoms with Gasteiger partial charge in [-0.3, -0.25) is 4.21 Å². The van der Waals surface area contributed by atoms with Gasteiger partial charge in [0, 0.05) is 28.7 Å². The third-order valence-corrected chi connectivity index (χ3v) is 6.35. The van der Waals surface area contributed by atoms with Crippen LogP contribution >= 0.6 is 0 Å². The molecular formula is C13H25NO2S. The standard InChI is InChI=1S/C13H25NO2S/c1-3-14-11-5-4-6-12(9-11)17(15)13-7-8-16-10(13)2/h10-14H,3-9H2,1-2H3. The Bertz CT molecular complexity index is 270. The molecule has 5 unspecified atom stereocenters. The van der Waals surface area contributed by atoms with Crippen molar-refractivity contribution in [3.05, 3.63) is 0 Å². The van der Waals surface area contributed by atoms with Crippen LogP contribution in [0.25, 0.3) is 0 Å². The van der Waals surface area contributed by atoms with E-state index in [1.165, 1.54) is 12.8 Å². The first-order valence-corrected chi connectivity index (χ1v) is 8.24. The summed E-state index contributed by atoms with van der Waals surface area (Å²) in [5.74, 6) is 0. The fourth-order valence-corrected chi connectivity index (χ4v) is 5.19. The van der Waals surface area contributed by atoms with Crippen molar-refractivity contribution in [2.75, 3.05) is 13.2 Å². The van der Waals surface area contributed by atoms with Crippen LogP contribution in [0.5, 0.6) is 0 Å². The number of nitrogens with one attached hydrogen (secondary N) is 1. The molecule has 0 aromatic carbocycles. The van der Waals surface area contributed by atoms with E-state index in [0.29, 0.717) is 11.3 Å². The average Bonchev–Trinajstić information content (AvgIpc) is 2.75. The van der Waals surface area contributed by atoms with E-state index in [1.807, 2.05) is 0 Å². The highest BCUT2D eigenvalue weighted by Gasteiger charge is 2.35. The fraction of sp³-hybridized carbons (Fsp3) is 1.00. The fourth-order valence-electron chi connectivity index (χ4n) is 3.09. The second kappa shape index (κ2) is 6.30. The van der Waals surface area contributed by atoms with Gasteiger partial charge >= 0.3 is 0 Å². The van der Waals surface area contributed by atoms with Crippen LogP contribution in [0.2, 0.25) is 0 Å². The van der Waals surface area contributed by atoms with Crippen molar-refractivity contribution < 1.29 is 8.95 Å². The summed E-state index contributed by atoms with van der Waals surface area (Å²) in [7, 11) is -0.701. The van der Waals surface area contributed by atoms with Crippen molar-refractivity contribution in [3.8, 4) is 0 Å². The summed E-state index contributed by atoms with van der Waals surface area (Å²) in [6, 6.07) is 0.584. The summed E-state index contributed by atoms with van der Waals surface area (Å²) >= 11 is 0. The topological polar surface area (TPSA) is 38.3 Å². The molecule has 17 heavy (non-hydrogen) atoms. The van der Waals surface area contributed by atoms with Crippen LogP contribution in [0.1, 0.15) is 46.0 Å². The van der Waals surface area contributed by atoms with Crippen molar-refractivity contribution in [2.24, 2.45) is 0 Å². The van der Waals surface area contributed by atoms with Crippen LogP contribution in [0.4, 0.5) is 0 Å². The molecule has 3 nitrogen and oxygen atoms in total. The largest absolute Gasteiger partial charge is 0.377 e. The van der Waals surface area contributed by atoms with Crippen LogP contribution < -0.4 is 5.32 Å². The van der Waals surface area contributed by atoms with Gasteiger partial charge in [-0.05, 0) is 39.2 Å². The van der Waals surface area contributed by atoms with E-state index in [2.05, 4.69) is 19.2 Å². The third-order valence-electron chi connectivity index (χ3n) is 4.05. The minimum absolute atomic E-state index is 0.190. The monoisotopic (exact) mass is 259 g/mol. The first-order valence-electron chi connectivity index (χ1n) is 6.96. The SMILES string of the molecule is CCNC1CCCC(S(=O)C2CCOC2C)C1. The van der Waals surface area contributed by atoms with Crippen LogP contribution in [0.15, 0.2) is 0 Å². The smallest absolute Gasteiger partial charge is 0.0691 e. The summed E-state index contributed by atoms with van der Waals surface area (Å²) in [6.07, 6.45) is 5.86. The minimum atomic E-state index is -0.701. The number of hydrogen-bond acceptors (Lipinski definition) is 3. The molecule has 0 aromatic heterocycles. The lowest BCUT2D eigenvalue weighted by Crippen LogP contribution is -2.40. The Kier molecular flexibility index (Phi) is 5.00. The Labute approximate surface area is 107 Å². The summed E-state index contributed by atoms with van der Waals surface area (Å²) in [5, 5.41) is 4.17. The highest BCUT2D eigenvalue weighted by Crippen LogP contribution is 2.29. The zero-order chi connectivity index (χ0) is 12.3. The van der Waals surface area contributed by atoms with E-state index in [9.17, 15) is 4.21 Å². The maximum atomic E-state index is 12.6. The molecule has 100 valence electrons. The maximum absolute atomic E-state index is 12.6. The summed E-state index contributed by atoms with van der Waals surface area (Å²) < 4.78 is 18.1. The van der Waals surface area contributed by atoms with E-state index in [-0.39, 0.29) is 11.4 Å². The Morgan fingerprint density at radius 1 is 1.35 bits per heavy atom. The van der Waals surface area contributed by atoms with Gasteiger partial charge in [-0.25, -0.2) is 0 Å². The molecule has 1 heterocycles. The van der Waals surface area contributed by atoms with Gasteiger partial charge in [0.15, 0.2) is 0 Å². The van der Waals surface area contributed by atoms with Crippen LogP contribution in [-0.2, 0) is 15.5 Å². The quantitative estimate of drug-likeness (QED) is 0.837. The molecule has 5 atom stereocenters. The Hall–Kier alpha value is 0.0700. The molecule has 1 saturated carbocycles. The van der Waals surface area contributed by atoms with Gasteiger partial charge in [-0.2, -0.15) is 0 Å². The predicted octanol–water partition coefficient (Wildman–Crippen LogP) is 1.83. The van der Waals surface area contributed by atoms with Crippen LogP contribution in [-0.4, -0.2) is 40.0 Å². The maximum Gasteiger partial charge on any atom is 0.0691 e. The molecule has 0 radical (unpaired) electrons. The van der Waals surface area contributed by atoms with Gasteiger partial charge < -0.3 is 10.1 Å². The molecule has 1 aliphatic carbocycles. The van der Waals surface area contributed by atoms with Gasteiger partial charge in [0.2, 0.25) is 0 Å². The highest BCUT2D eigenvalue weighted by atomic mass is 32.2. The molecule has 2 fully saturated rings. The van der Waals surface area contributed by atoms with Crippen LogP contribution in [0, 0.1) is 0 Å². The van der Waals surface area contributed by atoms with Gasteiger partial charge in [-0.1, -0.05) is 13.3 Å². The molecule has 0 aromatic rings. The first kappa shape index (κ1) is 13.5. The van der Waals surface area contributed by atoms with E-state index in [4.69, 9.17) is 4.74 Å². The van der Waals surface area contributed by atoms with Gasteiger partial charge in [0.25, 0.3) is 0 Å². The molecule has 4 heteroatoms. The lowest BCUT2D eigenvalue weighted by Gasteiger charge is -2.31.